The number of ether oxygens (including phenoxy) is 1. The van der Waals surface area contributed by atoms with Gasteiger partial charge in [0.2, 0.25) is 5.91 Å². The molecule has 0 unspecified atom stereocenters. The summed E-state index contributed by atoms with van der Waals surface area (Å²) >= 11 is 0. The van der Waals surface area contributed by atoms with Crippen molar-refractivity contribution in [3.8, 4) is 5.75 Å². The first-order valence-electron chi connectivity index (χ1n) is 7.28. The van der Waals surface area contributed by atoms with Crippen LogP contribution >= 0.6 is 0 Å². The molecule has 0 saturated heterocycles. The third-order valence-corrected chi connectivity index (χ3v) is 4.03. The van der Waals surface area contributed by atoms with Gasteiger partial charge in [-0.05, 0) is 43.5 Å². The second kappa shape index (κ2) is 7.90. The largest absolute Gasteiger partial charge is 0.497 e. The first kappa shape index (κ1) is 16.5. The number of hydrogen-bond donors (Lipinski definition) is 2. The molecule has 112 valence electrons. The zero-order valence-electron chi connectivity index (χ0n) is 13.0. The second-order valence-electron chi connectivity index (χ2n) is 4.97. The molecule has 2 N–H and O–H groups in total. The van der Waals surface area contributed by atoms with Gasteiger partial charge in [-0.2, -0.15) is 0 Å². The van der Waals surface area contributed by atoms with Crippen molar-refractivity contribution in [3.05, 3.63) is 24.3 Å². The van der Waals surface area contributed by atoms with Crippen LogP contribution in [-0.4, -0.2) is 25.1 Å². The van der Waals surface area contributed by atoms with Gasteiger partial charge in [-0.3, -0.25) is 4.79 Å². The molecule has 0 fully saturated rings. The smallest absolute Gasteiger partial charge is 0.238 e. The van der Waals surface area contributed by atoms with E-state index in [0.29, 0.717) is 6.54 Å². The molecule has 4 nitrogen and oxygen atoms in total. The summed E-state index contributed by atoms with van der Waals surface area (Å²) in [6, 6.07) is 7.34. The van der Waals surface area contributed by atoms with E-state index >= 15 is 0 Å². The molecule has 20 heavy (non-hydrogen) atoms. The number of rotatable bonds is 8. The predicted octanol–water partition coefficient (Wildman–Crippen LogP) is 3.19. The minimum atomic E-state index is -0.0186. The van der Waals surface area contributed by atoms with E-state index in [1.165, 1.54) is 0 Å². The molecule has 1 aromatic rings. The molecule has 1 rings (SSSR count). The lowest BCUT2D eigenvalue weighted by molar-refractivity contribution is -0.115. The molecular formula is C16H26N2O2. The average Bonchev–Trinajstić information content (AvgIpc) is 2.50. The molecule has 0 atom stereocenters. The lowest BCUT2D eigenvalue weighted by Gasteiger charge is -2.31. The molecule has 0 aromatic heterocycles. The van der Waals surface area contributed by atoms with Crippen LogP contribution in [0.2, 0.25) is 0 Å². The van der Waals surface area contributed by atoms with E-state index in [1.54, 1.807) is 7.11 Å². The Kier molecular flexibility index (Phi) is 6.52. The minimum absolute atomic E-state index is 0.0186. The zero-order chi connectivity index (χ0) is 15.0. The summed E-state index contributed by atoms with van der Waals surface area (Å²) in [6.07, 6.45) is 3.07. The van der Waals surface area contributed by atoms with Gasteiger partial charge in [-0.1, -0.05) is 20.8 Å². The molecule has 1 aromatic carbocycles. The summed E-state index contributed by atoms with van der Waals surface area (Å²) in [6.45, 7) is 6.80. The van der Waals surface area contributed by atoms with Gasteiger partial charge in [0.05, 0.1) is 13.7 Å². The fourth-order valence-corrected chi connectivity index (χ4v) is 2.27. The molecule has 0 aliphatic carbocycles. The summed E-state index contributed by atoms with van der Waals surface area (Å²) in [5, 5.41) is 6.27. The topological polar surface area (TPSA) is 50.4 Å². The number of amides is 1. The Hall–Kier alpha value is -1.55. The number of methoxy groups -OCH3 is 1. The Labute approximate surface area is 121 Å². The molecular weight excluding hydrogens is 252 g/mol. The van der Waals surface area contributed by atoms with Crippen LogP contribution in [0.5, 0.6) is 5.75 Å². The highest BCUT2D eigenvalue weighted by molar-refractivity contribution is 5.92. The molecule has 0 radical (unpaired) electrons. The quantitative estimate of drug-likeness (QED) is 0.768. The number of anilines is 1. The van der Waals surface area contributed by atoms with Crippen LogP contribution in [0.25, 0.3) is 0 Å². The Bertz CT molecular complexity index is 403. The van der Waals surface area contributed by atoms with E-state index in [1.807, 2.05) is 24.3 Å². The summed E-state index contributed by atoms with van der Waals surface area (Å²) in [4.78, 5) is 12.0. The Morgan fingerprint density at radius 1 is 1.10 bits per heavy atom. The molecule has 1 amide bonds. The molecule has 0 aliphatic rings. The molecule has 0 heterocycles. The molecule has 0 bridgehead atoms. The van der Waals surface area contributed by atoms with Gasteiger partial charge in [0.25, 0.3) is 0 Å². The van der Waals surface area contributed by atoms with Gasteiger partial charge >= 0.3 is 0 Å². The van der Waals surface area contributed by atoms with Gasteiger partial charge in [-0.15, -0.1) is 0 Å². The first-order valence-corrected chi connectivity index (χ1v) is 7.28. The number of carbonyl (C=O) groups excluding carboxylic acids is 1. The average molecular weight is 278 g/mol. The molecule has 0 aliphatic heterocycles. The fraction of sp³-hybridized carbons (Fsp3) is 0.562. The van der Waals surface area contributed by atoms with E-state index in [0.717, 1.165) is 30.7 Å². The molecule has 0 saturated carbocycles. The third kappa shape index (κ3) is 4.53. The zero-order valence-corrected chi connectivity index (χ0v) is 13.0. The Morgan fingerprint density at radius 3 is 2.10 bits per heavy atom. The van der Waals surface area contributed by atoms with Crippen molar-refractivity contribution in [2.75, 3.05) is 19.0 Å². The lowest BCUT2D eigenvalue weighted by atomic mass is 9.90. The van der Waals surface area contributed by atoms with Crippen molar-refractivity contribution in [1.82, 2.24) is 5.32 Å². The number of hydrogen-bond acceptors (Lipinski definition) is 3. The maximum atomic E-state index is 12.0. The Balaban J connectivity index is 2.50. The van der Waals surface area contributed by atoms with Crippen LogP contribution in [0.3, 0.4) is 0 Å². The van der Waals surface area contributed by atoms with Crippen molar-refractivity contribution in [3.63, 3.8) is 0 Å². The van der Waals surface area contributed by atoms with Gasteiger partial charge in [0.1, 0.15) is 5.75 Å². The van der Waals surface area contributed by atoms with Gasteiger partial charge in [0.15, 0.2) is 0 Å². The standard InChI is InChI=1S/C16H26N2O2/c1-5-16(6-2,7-3)17-12-15(19)18-13-8-10-14(20-4)11-9-13/h8-11,17H,5-7,12H2,1-4H3,(H,18,19). The maximum Gasteiger partial charge on any atom is 0.238 e. The van der Waals surface area contributed by atoms with Crippen molar-refractivity contribution >= 4 is 11.6 Å². The highest BCUT2D eigenvalue weighted by Gasteiger charge is 2.23. The van der Waals surface area contributed by atoms with Crippen LogP contribution < -0.4 is 15.4 Å². The number of nitrogens with one attached hydrogen (secondary N) is 2. The van der Waals surface area contributed by atoms with Gasteiger partial charge < -0.3 is 15.4 Å². The van der Waals surface area contributed by atoms with E-state index in [4.69, 9.17) is 4.74 Å². The SMILES string of the molecule is CCC(CC)(CC)NCC(=O)Nc1ccc(OC)cc1. The summed E-state index contributed by atoms with van der Waals surface area (Å²) in [7, 11) is 1.62. The van der Waals surface area contributed by atoms with Gasteiger partial charge in [-0.25, -0.2) is 0 Å². The van der Waals surface area contributed by atoms with E-state index in [-0.39, 0.29) is 11.4 Å². The van der Waals surface area contributed by atoms with Crippen molar-refractivity contribution in [2.45, 2.75) is 45.6 Å². The van der Waals surface area contributed by atoms with Crippen LogP contribution in [0.15, 0.2) is 24.3 Å². The van der Waals surface area contributed by atoms with Crippen LogP contribution in [0.4, 0.5) is 5.69 Å². The van der Waals surface area contributed by atoms with Crippen molar-refractivity contribution < 1.29 is 9.53 Å². The number of benzene rings is 1. The maximum absolute atomic E-state index is 12.0. The predicted molar refractivity (Wildman–Crippen MR) is 83.2 cm³/mol. The van der Waals surface area contributed by atoms with Gasteiger partial charge in [0, 0.05) is 11.2 Å². The molecule has 4 heteroatoms. The lowest BCUT2D eigenvalue weighted by Crippen LogP contribution is -2.47. The number of carbonyl (C=O) groups is 1. The van der Waals surface area contributed by atoms with E-state index in [2.05, 4.69) is 31.4 Å². The molecule has 0 spiro atoms. The van der Waals surface area contributed by atoms with Crippen LogP contribution in [0.1, 0.15) is 40.0 Å². The minimum Gasteiger partial charge on any atom is -0.497 e. The van der Waals surface area contributed by atoms with Crippen LogP contribution in [0, 0.1) is 0 Å². The fourth-order valence-electron chi connectivity index (χ4n) is 2.27. The first-order chi connectivity index (χ1) is 9.59. The van der Waals surface area contributed by atoms with Crippen molar-refractivity contribution in [1.29, 1.82) is 0 Å². The van der Waals surface area contributed by atoms with Crippen LogP contribution in [-0.2, 0) is 4.79 Å². The normalized spacial score (nSPS) is 11.2. The summed E-state index contributed by atoms with van der Waals surface area (Å²) in [5.41, 5.74) is 0.852. The van der Waals surface area contributed by atoms with E-state index in [9.17, 15) is 4.79 Å². The highest BCUT2D eigenvalue weighted by Crippen LogP contribution is 2.19. The second-order valence-corrected chi connectivity index (χ2v) is 4.97. The Morgan fingerprint density at radius 2 is 1.65 bits per heavy atom. The van der Waals surface area contributed by atoms with E-state index < -0.39 is 0 Å². The monoisotopic (exact) mass is 278 g/mol. The third-order valence-electron chi connectivity index (χ3n) is 4.03. The highest BCUT2D eigenvalue weighted by atomic mass is 16.5. The summed E-state index contributed by atoms with van der Waals surface area (Å²) < 4.78 is 5.08. The van der Waals surface area contributed by atoms with Crippen molar-refractivity contribution in [2.24, 2.45) is 0 Å². The summed E-state index contributed by atoms with van der Waals surface area (Å²) in [5.74, 6) is 0.762.